The summed E-state index contributed by atoms with van der Waals surface area (Å²) in [7, 11) is 0. The highest BCUT2D eigenvalue weighted by atomic mass is 16.5. The van der Waals surface area contributed by atoms with Gasteiger partial charge in [-0.2, -0.15) is 0 Å². The molecule has 1 heterocycles. The van der Waals surface area contributed by atoms with E-state index in [0.29, 0.717) is 13.2 Å². The second kappa shape index (κ2) is 6.78. The third-order valence-corrected chi connectivity index (χ3v) is 2.47. The average molecular weight is 255 g/mol. The Bertz CT molecular complexity index is 388. The van der Waals surface area contributed by atoms with E-state index in [4.69, 9.17) is 9.47 Å². The number of rotatable bonds is 6. The van der Waals surface area contributed by atoms with Gasteiger partial charge in [0.2, 0.25) is 0 Å². The molecule has 0 bridgehead atoms. The van der Waals surface area contributed by atoms with Gasteiger partial charge in [-0.05, 0) is 13.8 Å². The van der Waals surface area contributed by atoms with Gasteiger partial charge in [0.15, 0.2) is 13.1 Å². The van der Waals surface area contributed by atoms with Crippen LogP contribution >= 0.6 is 0 Å². The summed E-state index contributed by atoms with van der Waals surface area (Å²) in [5.74, 6) is 0.218. The van der Waals surface area contributed by atoms with Crippen LogP contribution in [0.15, 0.2) is 12.4 Å². The first kappa shape index (κ1) is 14.2. The standard InChI is InChI=1S/C12H19N2O4/c1-4-17-11(15)8-13-6-7-14(10(13)3)9-12(16)18-5-2/h6-7H,4-5,8-9H2,1-3H3/q+1. The summed E-state index contributed by atoms with van der Waals surface area (Å²) in [6.07, 6.45) is 3.48. The lowest BCUT2D eigenvalue weighted by Crippen LogP contribution is -2.40. The van der Waals surface area contributed by atoms with E-state index in [9.17, 15) is 9.59 Å². The molecule has 0 amide bonds. The number of carbonyl (C=O) groups is 2. The van der Waals surface area contributed by atoms with Gasteiger partial charge in [-0.3, -0.25) is 0 Å². The third kappa shape index (κ3) is 3.87. The molecule has 0 aromatic carbocycles. The van der Waals surface area contributed by atoms with Crippen molar-refractivity contribution >= 4 is 11.9 Å². The Labute approximate surface area is 106 Å². The molecule has 0 aliphatic carbocycles. The maximum Gasteiger partial charge on any atom is 0.348 e. The van der Waals surface area contributed by atoms with Gasteiger partial charge in [-0.1, -0.05) is 0 Å². The SMILES string of the molecule is CCOC(=O)Cn1cc[n+](CC(=O)OCC)c1C. The Kier molecular flexibility index (Phi) is 5.35. The first-order valence-electron chi connectivity index (χ1n) is 5.94. The van der Waals surface area contributed by atoms with E-state index in [1.807, 2.05) is 6.92 Å². The number of esters is 2. The van der Waals surface area contributed by atoms with E-state index in [2.05, 4.69) is 0 Å². The van der Waals surface area contributed by atoms with Crippen LogP contribution in [0.2, 0.25) is 0 Å². The van der Waals surface area contributed by atoms with E-state index in [1.54, 1.807) is 35.4 Å². The van der Waals surface area contributed by atoms with Gasteiger partial charge >= 0.3 is 11.9 Å². The Hall–Kier alpha value is -1.85. The number of carbonyl (C=O) groups excluding carboxylic acids is 2. The lowest BCUT2D eigenvalue weighted by molar-refractivity contribution is -0.691. The monoisotopic (exact) mass is 255 g/mol. The summed E-state index contributed by atoms with van der Waals surface area (Å²) in [4.78, 5) is 22.7. The van der Waals surface area contributed by atoms with Gasteiger partial charge in [0.25, 0.3) is 5.82 Å². The highest BCUT2D eigenvalue weighted by Crippen LogP contribution is 1.96. The van der Waals surface area contributed by atoms with Gasteiger partial charge in [0.1, 0.15) is 12.4 Å². The lowest BCUT2D eigenvalue weighted by Gasteiger charge is -2.02. The molecule has 0 saturated carbocycles. The summed E-state index contributed by atoms with van der Waals surface area (Å²) in [5.41, 5.74) is 0. The van der Waals surface area contributed by atoms with E-state index >= 15 is 0 Å². The predicted molar refractivity (Wildman–Crippen MR) is 62.6 cm³/mol. The van der Waals surface area contributed by atoms with E-state index < -0.39 is 0 Å². The molecule has 0 N–H and O–H groups in total. The van der Waals surface area contributed by atoms with Crippen molar-refractivity contribution in [3.63, 3.8) is 0 Å². The van der Waals surface area contributed by atoms with Gasteiger partial charge in [-0.15, -0.1) is 0 Å². The zero-order valence-corrected chi connectivity index (χ0v) is 11.0. The second-order valence-electron chi connectivity index (χ2n) is 3.71. The minimum atomic E-state index is -0.292. The molecule has 6 heteroatoms. The molecule has 0 unspecified atom stereocenters. The van der Waals surface area contributed by atoms with Crippen molar-refractivity contribution in [2.45, 2.75) is 33.9 Å². The van der Waals surface area contributed by atoms with Crippen LogP contribution in [0.1, 0.15) is 19.7 Å². The van der Waals surface area contributed by atoms with Crippen LogP contribution in [-0.2, 0) is 32.2 Å². The molecule has 0 fully saturated rings. The minimum Gasteiger partial charge on any atom is -0.463 e. The molecule has 0 spiro atoms. The van der Waals surface area contributed by atoms with Crippen molar-refractivity contribution < 1.29 is 23.6 Å². The molecule has 18 heavy (non-hydrogen) atoms. The lowest BCUT2D eigenvalue weighted by atomic mass is 10.5. The highest BCUT2D eigenvalue weighted by Gasteiger charge is 2.18. The summed E-state index contributed by atoms with van der Waals surface area (Å²) >= 11 is 0. The molecule has 1 aromatic rings. The topological polar surface area (TPSA) is 61.4 Å². The molecular weight excluding hydrogens is 236 g/mol. The summed E-state index contributed by atoms with van der Waals surface area (Å²) in [6, 6.07) is 0. The van der Waals surface area contributed by atoms with E-state index in [-0.39, 0.29) is 25.0 Å². The molecule has 100 valence electrons. The zero-order chi connectivity index (χ0) is 13.5. The quantitative estimate of drug-likeness (QED) is 0.538. The van der Waals surface area contributed by atoms with Gasteiger partial charge < -0.3 is 9.47 Å². The maximum absolute atomic E-state index is 11.4. The first-order valence-corrected chi connectivity index (χ1v) is 5.94. The largest absolute Gasteiger partial charge is 0.463 e. The second-order valence-corrected chi connectivity index (χ2v) is 3.71. The van der Waals surface area contributed by atoms with Crippen molar-refractivity contribution in [3.05, 3.63) is 18.2 Å². The zero-order valence-electron chi connectivity index (χ0n) is 11.0. The molecule has 1 rings (SSSR count). The molecule has 0 saturated heterocycles. The maximum atomic E-state index is 11.4. The van der Waals surface area contributed by atoms with Crippen LogP contribution in [0.25, 0.3) is 0 Å². The number of hydrogen-bond acceptors (Lipinski definition) is 4. The molecule has 6 nitrogen and oxygen atoms in total. The molecule has 0 atom stereocenters. The summed E-state index contributed by atoms with van der Waals surface area (Å²) in [5, 5.41) is 0. The number of nitrogens with zero attached hydrogens (tertiary/aromatic N) is 2. The highest BCUT2D eigenvalue weighted by molar-refractivity contribution is 5.69. The number of hydrogen-bond donors (Lipinski definition) is 0. The van der Waals surface area contributed by atoms with Crippen LogP contribution in [0.5, 0.6) is 0 Å². The third-order valence-electron chi connectivity index (χ3n) is 2.47. The summed E-state index contributed by atoms with van der Waals surface area (Å²) in [6.45, 7) is 6.39. The number of imidazole rings is 1. The van der Waals surface area contributed by atoms with E-state index in [0.717, 1.165) is 5.82 Å². The fourth-order valence-electron chi connectivity index (χ4n) is 1.57. The van der Waals surface area contributed by atoms with Crippen molar-refractivity contribution in [2.75, 3.05) is 13.2 Å². The average Bonchev–Trinajstić information content (AvgIpc) is 2.62. The van der Waals surface area contributed by atoms with Crippen LogP contribution in [0.4, 0.5) is 0 Å². The van der Waals surface area contributed by atoms with Crippen molar-refractivity contribution in [3.8, 4) is 0 Å². The fraction of sp³-hybridized carbons (Fsp3) is 0.583. The minimum absolute atomic E-state index is 0.148. The van der Waals surface area contributed by atoms with Crippen LogP contribution in [0.3, 0.4) is 0 Å². The Morgan fingerprint density at radius 2 is 1.83 bits per heavy atom. The predicted octanol–water partition coefficient (Wildman–Crippen LogP) is 0.210. The van der Waals surface area contributed by atoms with E-state index in [1.165, 1.54) is 0 Å². The van der Waals surface area contributed by atoms with Crippen molar-refractivity contribution in [1.82, 2.24) is 4.57 Å². The number of ether oxygens (including phenoxy) is 2. The Balaban J connectivity index is 2.66. The Morgan fingerprint density at radius 3 is 2.44 bits per heavy atom. The number of aromatic nitrogens is 2. The normalized spacial score (nSPS) is 10.2. The van der Waals surface area contributed by atoms with Gasteiger partial charge in [-0.25, -0.2) is 18.7 Å². The molecule has 0 aliphatic heterocycles. The van der Waals surface area contributed by atoms with Crippen LogP contribution in [0, 0.1) is 6.92 Å². The summed E-state index contributed by atoms with van der Waals surface area (Å²) < 4.78 is 13.2. The Morgan fingerprint density at radius 1 is 1.22 bits per heavy atom. The molecular formula is C12H19N2O4+. The van der Waals surface area contributed by atoms with Crippen LogP contribution < -0.4 is 4.57 Å². The van der Waals surface area contributed by atoms with Crippen molar-refractivity contribution in [2.24, 2.45) is 0 Å². The van der Waals surface area contributed by atoms with Gasteiger partial charge in [0.05, 0.1) is 13.2 Å². The smallest absolute Gasteiger partial charge is 0.348 e. The first-order chi connectivity index (χ1) is 8.58. The van der Waals surface area contributed by atoms with Gasteiger partial charge in [0, 0.05) is 6.92 Å². The molecule has 0 aliphatic rings. The molecule has 0 radical (unpaired) electrons. The molecule has 1 aromatic heterocycles. The fourth-order valence-corrected chi connectivity index (χ4v) is 1.57. The van der Waals surface area contributed by atoms with Crippen molar-refractivity contribution in [1.29, 1.82) is 0 Å². The van der Waals surface area contributed by atoms with Crippen LogP contribution in [-0.4, -0.2) is 29.7 Å².